The molecule has 0 bridgehead atoms. The molecule has 1 aromatic heterocycles. The Hall–Kier alpha value is -1.62. The summed E-state index contributed by atoms with van der Waals surface area (Å²) in [5.74, 6) is -0.341. The van der Waals surface area contributed by atoms with Crippen molar-refractivity contribution >= 4 is 11.0 Å². The minimum Gasteiger partial charge on any atom is -0.305 e. The van der Waals surface area contributed by atoms with Crippen LogP contribution in [0.15, 0.2) is 23.0 Å². The third kappa shape index (κ3) is 1.75. The van der Waals surface area contributed by atoms with Gasteiger partial charge < -0.3 is 9.88 Å². The molecule has 1 unspecified atom stereocenters. The molecule has 96 valence electrons. The number of nitrogens with one attached hydrogen (secondary N) is 1. The van der Waals surface area contributed by atoms with Gasteiger partial charge in [-0.15, -0.1) is 0 Å². The highest BCUT2D eigenvalue weighted by Crippen LogP contribution is 2.19. The Kier molecular flexibility index (Phi) is 2.70. The molecule has 2 heterocycles. The summed E-state index contributed by atoms with van der Waals surface area (Å²) in [5, 5.41) is 0. The van der Waals surface area contributed by atoms with Crippen LogP contribution in [0.1, 0.15) is 12.8 Å². The Bertz CT molecular complexity index is 631. The lowest BCUT2D eigenvalue weighted by molar-refractivity contribution is 0.282. The molecular weight excluding hydrogens is 233 g/mol. The molecule has 18 heavy (non-hydrogen) atoms. The third-order valence-electron chi connectivity index (χ3n) is 3.81. The molecule has 1 atom stereocenters. The smallest absolute Gasteiger partial charge is 0.305 e. The number of halogens is 1. The van der Waals surface area contributed by atoms with Crippen LogP contribution in [0.3, 0.4) is 0 Å². The fourth-order valence-corrected chi connectivity index (χ4v) is 2.77. The molecule has 0 radical (unpaired) electrons. The summed E-state index contributed by atoms with van der Waals surface area (Å²) < 4.78 is 15.4. The number of benzene rings is 1. The minimum absolute atomic E-state index is 0.226. The molecule has 1 fully saturated rings. The van der Waals surface area contributed by atoms with Gasteiger partial charge in [0.1, 0.15) is 11.3 Å². The number of imidazole rings is 1. The molecule has 2 aromatic rings. The summed E-state index contributed by atoms with van der Waals surface area (Å²) in [5.41, 5.74) is 0.735. The number of fused-ring (bicyclic) bond motifs is 1. The SMILES string of the molecule is CN1CCCC1Cn1c(=O)[nH]c2cccc(F)c21. The van der Waals surface area contributed by atoms with E-state index in [2.05, 4.69) is 9.88 Å². The first-order chi connectivity index (χ1) is 8.66. The van der Waals surface area contributed by atoms with E-state index in [1.165, 1.54) is 10.6 Å². The fraction of sp³-hybridized carbons (Fsp3) is 0.462. The van der Waals surface area contributed by atoms with E-state index in [0.29, 0.717) is 23.6 Å². The van der Waals surface area contributed by atoms with Crippen LogP contribution in [-0.2, 0) is 6.54 Å². The van der Waals surface area contributed by atoms with E-state index in [-0.39, 0.29) is 11.5 Å². The van der Waals surface area contributed by atoms with Crippen LogP contribution in [0, 0.1) is 5.82 Å². The predicted molar refractivity (Wildman–Crippen MR) is 68.2 cm³/mol. The van der Waals surface area contributed by atoms with Gasteiger partial charge in [0.15, 0.2) is 0 Å². The van der Waals surface area contributed by atoms with Gasteiger partial charge in [-0.2, -0.15) is 0 Å². The second kappa shape index (κ2) is 4.24. The number of aromatic nitrogens is 2. The first-order valence-electron chi connectivity index (χ1n) is 6.24. The molecule has 0 saturated carbocycles. The van der Waals surface area contributed by atoms with E-state index in [1.807, 2.05) is 7.05 Å². The van der Waals surface area contributed by atoms with Crippen molar-refractivity contribution in [2.45, 2.75) is 25.4 Å². The lowest BCUT2D eigenvalue weighted by atomic mass is 10.2. The zero-order valence-corrected chi connectivity index (χ0v) is 10.3. The summed E-state index contributed by atoms with van der Waals surface area (Å²) >= 11 is 0. The molecule has 0 amide bonds. The Morgan fingerprint density at radius 3 is 3.06 bits per heavy atom. The van der Waals surface area contributed by atoms with Crippen LogP contribution in [0.2, 0.25) is 0 Å². The molecule has 3 rings (SSSR count). The molecule has 1 aromatic carbocycles. The summed E-state index contributed by atoms with van der Waals surface area (Å²) in [7, 11) is 2.05. The maximum Gasteiger partial charge on any atom is 0.326 e. The summed E-state index contributed by atoms with van der Waals surface area (Å²) in [6.07, 6.45) is 2.20. The number of H-pyrrole nitrogens is 1. The Labute approximate surface area is 104 Å². The number of rotatable bonds is 2. The summed E-state index contributed by atoms with van der Waals surface area (Å²) in [4.78, 5) is 16.8. The molecule has 1 saturated heterocycles. The fourth-order valence-electron chi connectivity index (χ4n) is 2.77. The van der Waals surface area contributed by atoms with Gasteiger partial charge in [0, 0.05) is 12.6 Å². The minimum atomic E-state index is -0.341. The first kappa shape index (κ1) is 11.5. The van der Waals surface area contributed by atoms with Crippen molar-refractivity contribution in [2.24, 2.45) is 0 Å². The van der Waals surface area contributed by atoms with Crippen LogP contribution in [0.25, 0.3) is 11.0 Å². The average molecular weight is 249 g/mol. The first-order valence-corrected chi connectivity index (χ1v) is 6.24. The van der Waals surface area contributed by atoms with Crippen molar-refractivity contribution in [2.75, 3.05) is 13.6 Å². The number of hydrogen-bond acceptors (Lipinski definition) is 2. The second-order valence-electron chi connectivity index (χ2n) is 4.95. The van der Waals surface area contributed by atoms with Crippen molar-refractivity contribution in [3.05, 3.63) is 34.5 Å². The summed E-state index contributed by atoms with van der Waals surface area (Å²) in [6, 6.07) is 5.06. The van der Waals surface area contributed by atoms with E-state index < -0.39 is 0 Å². The van der Waals surface area contributed by atoms with E-state index in [1.54, 1.807) is 12.1 Å². The topological polar surface area (TPSA) is 41.0 Å². The maximum absolute atomic E-state index is 13.8. The zero-order chi connectivity index (χ0) is 12.7. The van der Waals surface area contributed by atoms with E-state index in [0.717, 1.165) is 19.4 Å². The van der Waals surface area contributed by atoms with Crippen LogP contribution < -0.4 is 5.69 Å². The number of hydrogen-bond donors (Lipinski definition) is 1. The van der Waals surface area contributed by atoms with Crippen molar-refractivity contribution in [1.29, 1.82) is 0 Å². The van der Waals surface area contributed by atoms with Crippen molar-refractivity contribution < 1.29 is 4.39 Å². The Balaban J connectivity index is 2.06. The molecule has 1 aliphatic heterocycles. The molecule has 5 heteroatoms. The van der Waals surface area contributed by atoms with Crippen LogP contribution in [-0.4, -0.2) is 34.1 Å². The number of aromatic amines is 1. The highest BCUT2D eigenvalue weighted by molar-refractivity contribution is 5.75. The van der Waals surface area contributed by atoms with Crippen LogP contribution >= 0.6 is 0 Å². The Morgan fingerprint density at radius 2 is 2.33 bits per heavy atom. The molecule has 0 aliphatic carbocycles. The van der Waals surface area contributed by atoms with Gasteiger partial charge in [-0.05, 0) is 38.6 Å². The largest absolute Gasteiger partial charge is 0.326 e. The van der Waals surface area contributed by atoms with E-state index >= 15 is 0 Å². The van der Waals surface area contributed by atoms with Gasteiger partial charge in [0.05, 0.1) is 5.52 Å². The molecule has 0 spiro atoms. The third-order valence-corrected chi connectivity index (χ3v) is 3.81. The van der Waals surface area contributed by atoms with E-state index in [4.69, 9.17) is 0 Å². The molecule has 1 N–H and O–H groups in total. The highest BCUT2D eigenvalue weighted by Gasteiger charge is 2.23. The molecule has 4 nitrogen and oxygen atoms in total. The number of para-hydroxylation sites is 1. The Morgan fingerprint density at radius 1 is 1.50 bits per heavy atom. The monoisotopic (exact) mass is 249 g/mol. The van der Waals surface area contributed by atoms with Gasteiger partial charge in [-0.25, -0.2) is 9.18 Å². The van der Waals surface area contributed by atoms with Gasteiger partial charge in [-0.1, -0.05) is 6.07 Å². The number of likely N-dealkylation sites (tertiary alicyclic amines) is 1. The maximum atomic E-state index is 13.8. The van der Waals surface area contributed by atoms with E-state index in [9.17, 15) is 9.18 Å². The zero-order valence-electron chi connectivity index (χ0n) is 10.3. The normalized spacial score (nSPS) is 20.9. The van der Waals surface area contributed by atoms with Gasteiger partial charge in [-0.3, -0.25) is 4.57 Å². The number of likely N-dealkylation sites (N-methyl/N-ethyl adjacent to an activating group) is 1. The van der Waals surface area contributed by atoms with Crippen molar-refractivity contribution in [3.63, 3.8) is 0 Å². The van der Waals surface area contributed by atoms with Gasteiger partial charge >= 0.3 is 5.69 Å². The quantitative estimate of drug-likeness (QED) is 0.877. The molecule has 1 aliphatic rings. The lowest BCUT2D eigenvalue weighted by Gasteiger charge is -2.19. The van der Waals surface area contributed by atoms with Crippen LogP contribution in [0.5, 0.6) is 0 Å². The van der Waals surface area contributed by atoms with Gasteiger partial charge in [0.25, 0.3) is 0 Å². The number of nitrogens with zero attached hydrogens (tertiary/aromatic N) is 2. The highest BCUT2D eigenvalue weighted by atomic mass is 19.1. The average Bonchev–Trinajstić information content (AvgIpc) is 2.86. The van der Waals surface area contributed by atoms with Crippen molar-refractivity contribution in [3.8, 4) is 0 Å². The van der Waals surface area contributed by atoms with Gasteiger partial charge in [0.2, 0.25) is 0 Å². The summed E-state index contributed by atoms with van der Waals surface area (Å²) in [6.45, 7) is 1.60. The standard InChI is InChI=1S/C13H16FN3O/c1-16-7-3-4-9(16)8-17-12-10(14)5-2-6-11(12)15-13(17)18/h2,5-6,9H,3-4,7-8H2,1H3,(H,15,18). The van der Waals surface area contributed by atoms with Crippen LogP contribution in [0.4, 0.5) is 4.39 Å². The second-order valence-corrected chi connectivity index (χ2v) is 4.95. The molecular formula is C13H16FN3O. The van der Waals surface area contributed by atoms with Crippen molar-refractivity contribution in [1.82, 2.24) is 14.5 Å². The predicted octanol–water partition coefficient (Wildman–Crippen LogP) is 1.56. The lowest BCUT2D eigenvalue weighted by Crippen LogP contribution is -2.32.